The number of sulfonamides is 1. The summed E-state index contributed by atoms with van der Waals surface area (Å²) in [7, 11) is -3.84. The zero-order chi connectivity index (χ0) is 14.0. The summed E-state index contributed by atoms with van der Waals surface area (Å²) in [5, 5.41) is 4.85. The van der Waals surface area contributed by atoms with Gasteiger partial charge in [-0.2, -0.15) is 0 Å². The van der Waals surface area contributed by atoms with E-state index in [1.807, 2.05) is 6.92 Å². The lowest BCUT2D eigenvalue weighted by atomic mass is 10.2. The van der Waals surface area contributed by atoms with E-state index in [0.717, 1.165) is 0 Å². The average molecular weight is 283 g/mol. The smallest absolute Gasteiger partial charge is 0.257 e. The van der Waals surface area contributed by atoms with E-state index in [9.17, 15) is 12.8 Å². The zero-order valence-corrected chi connectivity index (χ0v) is 11.2. The van der Waals surface area contributed by atoms with Crippen LogP contribution in [-0.4, -0.2) is 18.0 Å². The van der Waals surface area contributed by atoms with Gasteiger partial charge in [-0.15, -0.1) is 0 Å². The zero-order valence-electron chi connectivity index (χ0n) is 10.4. The van der Waals surface area contributed by atoms with Crippen LogP contribution in [0.3, 0.4) is 0 Å². The molecule has 0 saturated heterocycles. The van der Waals surface area contributed by atoms with Gasteiger partial charge in [0, 0.05) is 18.2 Å². The molecule has 5 nitrogen and oxygen atoms in total. The highest BCUT2D eigenvalue weighted by molar-refractivity contribution is 7.89. The first kappa shape index (κ1) is 13.7. The maximum absolute atomic E-state index is 13.6. The molecule has 7 heteroatoms. The summed E-state index contributed by atoms with van der Waals surface area (Å²) in [6, 6.07) is 6.33. The molecule has 0 spiro atoms. The van der Waals surface area contributed by atoms with Crippen molar-refractivity contribution in [3.8, 4) is 0 Å². The third-order valence-corrected chi connectivity index (χ3v) is 3.52. The van der Waals surface area contributed by atoms with Gasteiger partial charge in [0.05, 0.1) is 6.54 Å². The van der Waals surface area contributed by atoms with E-state index in [0.29, 0.717) is 17.8 Å². The molecular formula is C12H14FN3O2S. The van der Waals surface area contributed by atoms with Crippen LogP contribution in [0.2, 0.25) is 0 Å². The molecule has 0 aliphatic heterocycles. The van der Waals surface area contributed by atoms with E-state index >= 15 is 0 Å². The van der Waals surface area contributed by atoms with E-state index < -0.39 is 10.0 Å². The Morgan fingerprint density at radius 3 is 2.63 bits per heavy atom. The Hall–Kier alpha value is -1.73. The summed E-state index contributed by atoms with van der Waals surface area (Å²) in [5.74, 6) is 0.211. The minimum atomic E-state index is -3.84. The van der Waals surface area contributed by atoms with E-state index in [1.54, 1.807) is 22.8 Å². The fourth-order valence-corrected chi connectivity index (χ4v) is 2.30. The van der Waals surface area contributed by atoms with Crippen molar-refractivity contribution in [1.82, 2.24) is 9.55 Å². The maximum Gasteiger partial charge on any atom is 0.257 e. The molecule has 0 saturated carbocycles. The van der Waals surface area contributed by atoms with Gasteiger partial charge in [0.15, 0.2) is 5.03 Å². The van der Waals surface area contributed by atoms with Gasteiger partial charge < -0.3 is 4.57 Å². The number of primary sulfonamides is 1. The van der Waals surface area contributed by atoms with Crippen molar-refractivity contribution in [2.75, 3.05) is 0 Å². The van der Waals surface area contributed by atoms with Crippen LogP contribution in [0.4, 0.5) is 4.39 Å². The molecule has 2 rings (SSSR count). The molecule has 0 amide bonds. The first-order chi connectivity index (χ1) is 8.91. The Morgan fingerprint density at radius 2 is 2.05 bits per heavy atom. The molecule has 2 aromatic rings. The summed E-state index contributed by atoms with van der Waals surface area (Å²) in [5.41, 5.74) is 0.468. The lowest BCUT2D eigenvalue weighted by Gasteiger charge is -2.06. The lowest BCUT2D eigenvalue weighted by molar-refractivity contribution is 0.593. The van der Waals surface area contributed by atoms with Crippen LogP contribution in [0.1, 0.15) is 18.3 Å². The number of hydrogen-bond acceptors (Lipinski definition) is 3. The Morgan fingerprint density at radius 1 is 1.37 bits per heavy atom. The molecule has 1 heterocycles. The first-order valence-electron chi connectivity index (χ1n) is 5.74. The SMILES string of the molecule is CCc1nc(S(N)(=O)=O)cn1Cc1ccccc1F. The number of nitrogens with zero attached hydrogens (tertiary/aromatic N) is 2. The molecule has 19 heavy (non-hydrogen) atoms. The summed E-state index contributed by atoms with van der Waals surface area (Å²) in [6.07, 6.45) is 1.87. The second-order valence-electron chi connectivity index (χ2n) is 4.11. The van der Waals surface area contributed by atoms with Gasteiger partial charge in [-0.25, -0.2) is 22.9 Å². The molecule has 0 aliphatic rings. The van der Waals surface area contributed by atoms with Crippen LogP contribution in [0.5, 0.6) is 0 Å². The number of aromatic nitrogens is 2. The van der Waals surface area contributed by atoms with Gasteiger partial charge in [-0.3, -0.25) is 0 Å². The maximum atomic E-state index is 13.6. The second kappa shape index (κ2) is 5.10. The molecule has 0 aliphatic carbocycles. The number of imidazole rings is 1. The van der Waals surface area contributed by atoms with Crippen molar-refractivity contribution < 1.29 is 12.8 Å². The second-order valence-corrected chi connectivity index (χ2v) is 5.62. The van der Waals surface area contributed by atoms with E-state index in [2.05, 4.69) is 4.98 Å². The third kappa shape index (κ3) is 2.99. The molecule has 1 aromatic heterocycles. The third-order valence-electron chi connectivity index (χ3n) is 2.74. The molecule has 0 fully saturated rings. The van der Waals surface area contributed by atoms with Crippen molar-refractivity contribution in [1.29, 1.82) is 0 Å². The molecule has 102 valence electrons. The van der Waals surface area contributed by atoms with Crippen molar-refractivity contribution in [2.45, 2.75) is 24.9 Å². The van der Waals surface area contributed by atoms with Crippen molar-refractivity contribution in [3.05, 3.63) is 47.7 Å². The number of benzene rings is 1. The van der Waals surface area contributed by atoms with Gasteiger partial charge in [0.2, 0.25) is 0 Å². The molecular weight excluding hydrogens is 269 g/mol. The number of hydrogen-bond donors (Lipinski definition) is 1. The highest BCUT2D eigenvalue weighted by atomic mass is 32.2. The van der Waals surface area contributed by atoms with E-state index in [1.165, 1.54) is 12.3 Å². The summed E-state index contributed by atoms with van der Waals surface area (Å²) in [6.45, 7) is 2.06. The van der Waals surface area contributed by atoms with Crippen LogP contribution < -0.4 is 5.14 Å². The quantitative estimate of drug-likeness (QED) is 0.918. The topological polar surface area (TPSA) is 78.0 Å². The van der Waals surface area contributed by atoms with Gasteiger partial charge in [-0.05, 0) is 6.07 Å². The van der Waals surface area contributed by atoms with Crippen LogP contribution in [0.25, 0.3) is 0 Å². The Kier molecular flexibility index (Phi) is 3.68. The van der Waals surface area contributed by atoms with Gasteiger partial charge in [0.25, 0.3) is 10.0 Å². The minimum absolute atomic E-state index is 0.194. The van der Waals surface area contributed by atoms with Gasteiger partial charge in [-0.1, -0.05) is 25.1 Å². The Balaban J connectivity index is 2.40. The summed E-state index contributed by atoms with van der Waals surface area (Å²) < 4.78 is 37.7. The number of aryl methyl sites for hydroxylation is 1. The molecule has 0 bridgehead atoms. The van der Waals surface area contributed by atoms with E-state index in [4.69, 9.17) is 5.14 Å². The average Bonchev–Trinajstić information content (AvgIpc) is 2.75. The normalized spacial score (nSPS) is 11.7. The Labute approximate surface area is 110 Å². The number of halogens is 1. The summed E-state index contributed by atoms with van der Waals surface area (Å²) in [4.78, 5) is 3.95. The van der Waals surface area contributed by atoms with Crippen LogP contribution in [-0.2, 0) is 23.0 Å². The lowest BCUT2D eigenvalue weighted by Crippen LogP contribution is -2.12. The Bertz CT molecular complexity index is 695. The summed E-state index contributed by atoms with van der Waals surface area (Å²) >= 11 is 0. The molecule has 0 unspecified atom stereocenters. The molecule has 0 atom stereocenters. The number of rotatable bonds is 4. The van der Waals surface area contributed by atoms with Crippen LogP contribution in [0.15, 0.2) is 35.5 Å². The fourth-order valence-electron chi connectivity index (χ4n) is 1.79. The fraction of sp³-hybridized carbons (Fsp3) is 0.250. The first-order valence-corrected chi connectivity index (χ1v) is 7.28. The highest BCUT2D eigenvalue weighted by Crippen LogP contribution is 2.13. The van der Waals surface area contributed by atoms with Crippen LogP contribution >= 0.6 is 0 Å². The predicted molar refractivity (Wildman–Crippen MR) is 68.5 cm³/mol. The van der Waals surface area contributed by atoms with Crippen molar-refractivity contribution in [2.24, 2.45) is 5.14 Å². The molecule has 1 aromatic carbocycles. The van der Waals surface area contributed by atoms with E-state index in [-0.39, 0.29) is 17.4 Å². The predicted octanol–water partition coefficient (Wildman–Crippen LogP) is 1.28. The number of nitrogens with two attached hydrogens (primary N) is 1. The van der Waals surface area contributed by atoms with Gasteiger partial charge >= 0.3 is 0 Å². The standard InChI is InChI=1S/C12H14FN3O2S/c1-2-11-15-12(19(14,17)18)8-16(11)7-9-5-3-4-6-10(9)13/h3-6,8H,2,7H2,1H3,(H2,14,17,18). The van der Waals surface area contributed by atoms with Gasteiger partial charge in [0.1, 0.15) is 11.6 Å². The largest absolute Gasteiger partial charge is 0.329 e. The highest BCUT2D eigenvalue weighted by Gasteiger charge is 2.16. The van der Waals surface area contributed by atoms with Crippen molar-refractivity contribution in [3.63, 3.8) is 0 Å². The van der Waals surface area contributed by atoms with Crippen molar-refractivity contribution >= 4 is 10.0 Å². The monoisotopic (exact) mass is 283 g/mol. The molecule has 2 N–H and O–H groups in total. The minimum Gasteiger partial charge on any atom is -0.329 e. The molecule has 0 radical (unpaired) electrons. The van der Waals surface area contributed by atoms with Crippen LogP contribution in [0, 0.1) is 5.82 Å².